The van der Waals surface area contributed by atoms with Crippen LogP contribution in [0.15, 0.2) is 6.20 Å². The van der Waals surface area contributed by atoms with E-state index in [-0.39, 0.29) is 0 Å². The van der Waals surface area contributed by atoms with Gasteiger partial charge in [-0.2, -0.15) is 0 Å². The van der Waals surface area contributed by atoms with Crippen molar-refractivity contribution in [2.45, 2.75) is 59.5 Å². The van der Waals surface area contributed by atoms with E-state index in [1.54, 1.807) is 7.11 Å². The van der Waals surface area contributed by atoms with Crippen LogP contribution >= 0.6 is 0 Å². The lowest BCUT2D eigenvalue weighted by Gasteiger charge is -2.33. The summed E-state index contributed by atoms with van der Waals surface area (Å²) in [6.07, 6.45) is 5.87. The minimum absolute atomic E-state index is 0.625. The first-order valence-electron chi connectivity index (χ1n) is 7.75. The van der Waals surface area contributed by atoms with Crippen LogP contribution in [0.1, 0.15) is 49.9 Å². The van der Waals surface area contributed by atoms with Gasteiger partial charge >= 0.3 is 0 Å². The average molecular weight is 276 g/mol. The quantitative estimate of drug-likeness (QED) is 0.912. The van der Waals surface area contributed by atoms with E-state index < -0.39 is 0 Å². The number of methoxy groups -OCH3 is 1. The number of nitrogens with zero attached hydrogens (tertiary/aromatic N) is 1. The molecule has 3 nitrogen and oxygen atoms in total. The van der Waals surface area contributed by atoms with E-state index in [1.165, 1.54) is 19.3 Å². The van der Waals surface area contributed by atoms with Crippen LogP contribution in [0.25, 0.3) is 0 Å². The Bertz CT molecular complexity index is 459. The lowest BCUT2D eigenvalue weighted by molar-refractivity contribution is 0.226. The zero-order valence-corrected chi connectivity index (χ0v) is 13.5. The van der Waals surface area contributed by atoms with Gasteiger partial charge in [0.25, 0.3) is 0 Å². The first kappa shape index (κ1) is 15.3. The molecule has 1 saturated carbocycles. The Morgan fingerprint density at radius 2 is 2.05 bits per heavy atom. The molecule has 1 aliphatic rings. The van der Waals surface area contributed by atoms with Crippen LogP contribution in [-0.4, -0.2) is 18.1 Å². The van der Waals surface area contributed by atoms with Gasteiger partial charge in [-0.25, -0.2) is 0 Å². The van der Waals surface area contributed by atoms with E-state index in [0.717, 1.165) is 41.0 Å². The molecular weight excluding hydrogens is 248 g/mol. The Balaban J connectivity index is 2.01. The van der Waals surface area contributed by atoms with Crippen molar-refractivity contribution in [1.29, 1.82) is 0 Å². The first-order chi connectivity index (χ1) is 9.52. The van der Waals surface area contributed by atoms with Gasteiger partial charge in [-0.05, 0) is 44.9 Å². The fourth-order valence-electron chi connectivity index (χ4n) is 3.45. The molecule has 0 aliphatic heterocycles. The Labute approximate surface area is 123 Å². The van der Waals surface area contributed by atoms with E-state index >= 15 is 0 Å². The highest BCUT2D eigenvalue weighted by Crippen LogP contribution is 2.29. The second kappa shape index (κ2) is 6.57. The molecule has 0 spiro atoms. The molecule has 112 valence electrons. The third-order valence-electron chi connectivity index (χ3n) is 4.71. The van der Waals surface area contributed by atoms with Crippen molar-refractivity contribution in [3.8, 4) is 5.75 Å². The molecule has 0 radical (unpaired) electrons. The molecule has 1 aromatic heterocycles. The summed E-state index contributed by atoms with van der Waals surface area (Å²) in [7, 11) is 1.73. The van der Waals surface area contributed by atoms with Crippen LogP contribution in [0.3, 0.4) is 0 Å². The average Bonchev–Trinajstić information content (AvgIpc) is 2.40. The predicted molar refractivity (Wildman–Crippen MR) is 83.1 cm³/mol. The summed E-state index contributed by atoms with van der Waals surface area (Å²) in [5.41, 5.74) is 3.38. The maximum Gasteiger partial charge on any atom is 0.128 e. The van der Waals surface area contributed by atoms with Crippen molar-refractivity contribution in [3.05, 3.63) is 23.0 Å². The number of aryl methyl sites for hydroxylation is 1. The van der Waals surface area contributed by atoms with E-state index in [2.05, 4.69) is 31.1 Å². The molecular formula is C17H28N2O. The smallest absolute Gasteiger partial charge is 0.128 e. The van der Waals surface area contributed by atoms with Crippen molar-refractivity contribution in [1.82, 2.24) is 10.3 Å². The van der Waals surface area contributed by atoms with Gasteiger partial charge in [0.1, 0.15) is 5.75 Å². The van der Waals surface area contributed by atoms with Gasteiger partial charge in [0.2, 0.25) is 0 Å². The van der Waals surface area contributed by atoms with Gasteiger partial charge in [-0.1, -0.05) is 13.8 Å². The number of hydrogen-bond donors (Lipinski definition) is 1. The zero-order chi connectivity index (χ0) is 14.7. The summed E-state index contributed by atoms with van der Waals surface area (Å²) < 4.78 is 5.48. The molecule has 0 amide bonds. The van der Waals surface area contributed by atoms with Crippen LogP contribution in [-0.2, 0) is 6.54 Å². The number of rotatable bonds is 4. The highest BCUT2D eigenvalue weighted by atomic mass is 16.5. The second-order valence-electron chi connectivity index (χ2n) is 6.43. The fourth-order valence-corrected chi connectivity index (χ4v) is 3.45. The van der Waals surface area contributed by atoms with Gasteiger partial charge in [0.05, 0.1) is 12.8 Å². The minimum atomic E-state index is 0.625. The van der Waals surface area contributed by atoms with Crippen molar-refractivity contribution in [3.63, 3.8) is 0 Å². The molecule has 0 aromatic carbocycles. The molecule has 3 atom stereocenters. The van der Waals surface area contributed by atoms with Crippen LogP contribution in [0.2, 0.25) is 0 Å². The maximum atomic E-state index is 5.48. The number of aromatic nitrogens is 1. The number of nitrogens with one attached hydrogen (secondary N) is 1. The second-order valence-corrected chi connectivity index (χ2v) is 6.43. The molecule has 1 fully saturated rings. The Hall–Kier alpha value is -1.09. The van der Waals surface area contributed by atoms with Gasteiger partial charge in [-0.3, -0.25) is 4.98 Å². The molecule has 3 heteroatoms. The van der Waals surface area contributed by atoms with Gasteiger partial charge < -0.3 is 10.1 Å². The molecule has 0 saturated heterocycles. The molecule has 1 N–H and O–H groups in total. The Morgan fingerprint density at radius 1 is 1.30 bits per heavy atom. The van der Waals surface area contributed by atoms with Gasteiger partial charge in [0, 0.05) is 29.9 Å². The fraction of sp³-hybridized carbons (Fsp3) is 0.706. The van der Waals surface area contributed by atoms with Crippen LogP contribution < -0.4 is 10.1 Å². The third kappa shape index (κ3) is 3.32. The molecule has 20 heavy (non-hydrogen) atoms. The lowest BCUT2D eigenvalue weighted by atomic mass is 9.80. The Morgan fingerprint density at radius 3 is 2.70 bits per heavy atom. The summed E-state index contributed by atoms with van der Waals surface area (Å²) >= 11 is 0. The van der Waals surface area contributed by atoms with Crippen LogP contribution in [0.5, 0.6) is 5.75 Å². The molecule has 1 aromatic rings. The van der Waals surface area contributed by atoms with E-state index in [0.29, 0.717) is 6.04 Å². The largest absolute Gasteiger partial charge is 0.496 e. The van der Waals surface area contributed by atoms with E-state index in [4.69, 9.17) is 4.74 Å². The van der Waals surface area contributed by atoms with E-state index in [1.807, 2.05) is 13.1 Å². The Kier molecular flexibility index (Phi) is 5.03. The molecule has 2 rings (SSSR count). The molecule has 1 heterocycles. The number of pyridine rings is 1. The van der Waals surface area contributed by atoms with Crippen molar-refractivity contribution in [2.24, 2.45) is 11.8 Å². The maximum absolute atomic E-state index is 5.48. The molecule has 3 unspecified atom stereocenters. The highest BCUT2D eigenvalue weighted by molar-refractivity contribution is 5.41. The first-order valence-corrected chi connectivity index (χ1v) is 7.75. The number of ether oxygens (including phenoxy) is 1. The topological polar surface area (TPSA) is 34.1 Å². The molecule has 1 aliphatic carbocycles. The summed E-state index contributed by atoms with van der Waals surface area (Å²) in [6.45, 7) is 9.71. The van der Waals surface area contributed by atoms with Crippen molar-refractivity contribution >= 4 is 0 Å². The van der Waals surface area contributed by atoms with Crippen molar-refractivity contribution < 1.29 is 4.74 Å². The summed E-state index contributed by atoms with van der Waals surface area (Å²) in [5, 5.41) is 3.70. The zero-order valence-electron chi connectivity index (χ0n) is 13.5. The summed E-state index contributed by atoms with van der Waals surface area (Å²) in [4.78, 5) is 4.57. The van der Waals surface area contributed by atoms with E-state index in [9.17, 15) is 0 Å². The SMILES string of the molecule is COc1c(C)cnc(CNC2CCC(C)CC2C)c1C. The van der Waals surface area contributed by atoms with Gasteiger partial charge in [-0.15, -0.1) is 0 Å². The molecule has 0 bridgehead atoms. The van der Waals surface area contributed by atoms with Gasteiger partial charge in [0.15, 0.2) is 0 Å². The highest BCUT2D eigenvalue weighted by Gasteiger charge is 2.25. The van der Waals surface area contributed by atoms with Crippen LogP contribution in [0, 0.1) is 25.7 Å². The normalized spacial score (nSPS) is 26.6. The monoisotopic (exact) mass is 276 g/mol. The summed E-state index contributed by atoms with van der Waals surface area (Å²) in [5.74, 6) is 2.61. The standard InChI is InChI=1S/C17H28N2O/c1-11-6-7-15(12(2)8-11)19-10-16-14(4)17(20-5)13(3)9-18-16/h9,11-12,15,19H,6-8,10H2,1-5H3. The summed E-state index contributed by atoms with van der Waals surface area (Å²) in [6, 6.07) is 0.625. The minimum Gasteiger partial charge on any atom is -0.496 e. The van der Waals surface area contributed by atoms with Crippen LogP contribution in [0.4, 0.5) is 0 Å². The third-order valence-corrected chi connectivity index (χ3v) is 4.71. The van der Waals surface area contributed by atoms with Crippen molar-refractivity contribution in [2.75, 3.05) is 7.11 Å². The predicted octanol–water partition coefficient (Wildman–Crippen LogP) is 3.62. The number of hydrogen-bond acceptors (Lipinski definition) is 3. The lowest BCUT2D eigenvalue weighted by Crippen LogP contribution is -2.38.